The Kier molecular flexibility index (Phi) is 7.41. The van der Waals surface area contributed by atoms with Crippen LogP contribution < -0.4 is 5.32 Å². The molecule has 0 unspecified atom stereocenters. The van der Waals surface area contributed by atoms with Gasteiger partial charge < -0.3 is 19.6 Å². The van der Waals surface area contributed by atoms with E-state index < -0.39 is 11.5 Å². The van der Waals surface area contributed by atoms with Crippen molar-refractivity contribution < 1.29 is 23.8 Å². The number of benzene rings is 1. The van der Waals surface area contributed by atoms with E-state index in [9.17, 15) is 14.7 Å². The molecule has 7 heteroatoms. The molecule has 2 aliphatic rings. The van der Waals surface area contributed by atoms with Gasteiger partial charge in [-0.15, -0.1) is 0 Å². The minimum atomic E-state index is -1.09. The van der Waals surface area contributed by atoms with E-state index in [1.165, 1.54) is 5.56 Å². The van der Waals surface area contributed by atoms with Gasteiger partial charge >= 0.3 is 5.97 Å². The summed E-state index contributed by atoms with van der Waals surface area (Å²) in [7, 11) is 0. The molecule has 1 heterocycles. The Balaban J connectivity index is 1.34. The third-order valence-electron chi connectivity index (χ3n) is 7.40. The number of oxazole rings is 1. The van der Waals surface area contributed by atoms with Crippen LogP contribution in [-0.2, 0) is 20.9 Å². The smallest absolute Gasteiger partial charge is 0.329 e. The largest absolute Gasteiger partial charge is 0.480 e. The molecule has 1 amide bonds. The van der Waals surface area contributed by atoms with Crippen LogP contribution in [0.2, 0.25) is 0 Å². The highest BCUT2D eigenvalue weighted by atomic mass is 16.5. The lowest BCUT2D eigenvalue weighted by molar-refractivity contribution is -0.148. The van der Waals surface area contributed by atoms with Crippen molar-refractivity contribution in [3.05, 3.63) is 41.3 Å². The Morgan fingerprint density at radius 3 is 2.53 bits per heavy atom. The van der Waals surface area contributed by atoms with Gasteiger partial charge in [0.2, 0.25) is 11.8 Å². The van der Waals surface area contributed by atoms with Crippen LogP contribution in [0, 0.1) is 12.8 Å². The van der Waals surface area contributed by atoms with E-state index in [0.717, 1.165) is 49.1 Å². The number of carbonyl (C=O) groups excluding carboxylic acids is 1. The van der Waals surface area contributed by atoms with Crippen LogP contribution in [0.15, 0.2) is 28.7 Å². The summed E-state index contributed by atoms with van der Waals surface area (Å²) in [5.41, 5.74) is 1.89. The minimum absolute atomic E-state index is 0.0567. The predicted molar refractivity (Wildman–Crippen MR) is 128 cm³/mol. The topological polar surface area (TPSA) is 102 Å². The van der Waals surface area contributed by atoms with Gasteiger partial charge in [-0.1, -0.05) is 45.2 Å². The zero-order valence-electron chi connectivity index (χ0n) is 20.4. The Hall–Kier alpha value is -2.67. The minimum Gasteiger partial charge on any atom is -0.480 e. The van der Waals surface area contributed by atoms with Crippen molar-refractivity contribution in [3.8, 4) is 11.5 Å². The molecule has 34 heavy (non-hydrogen) atoms. The second kappa shape index (κ2) is 10.3. The number of aliphatic carboxylic acids is 1. The average Bonchev–Trinajstić information content (AvgIpc) is 3.45. The van der Waals surface area contributed by atoms with Gasteiger partial charge in [-0.25, -0.2) is 9.78 Å². The summed E-state index contributed by atoms with van der Waals surface area (Å²) in [5, 5.41) is 12.5. The zero-order valence-corrected chi connectivity index (χ0v) is 20.4. The standard InChI is InChI=1S/C27H36N2O5/c1-17(2)19-9-11-20(12-10-19)25-28-23(18(3)34-25)16-33-22-8-6-7-21(15-22)24(30)29-27(26(31)32)13-4-5-14-27/h9-12,17,21-22H,4-8,13-16H2,1-3H3,(H,29,30)(H,31,32)/t21-,22+/m0/s1. The molecule has 2 N–H and O–H groups in total. The molecule has 1 aromatic carbocycles. The molecule has 0 radical (unpaired) electrons. The molecule has 2 fully saturated rings. The molecule has 184 valence electrons. The summed E-state index contributed by atoms with van der Waals surface area (Å²) in [6.07, 6.45) is 5.77. The first-order chi connectivity index (χ1) is 16.3. The molecular formula is C27H36N2O5. The summed E-state index contributed by atoms with van der Waals surface area (Å²) in [6.45, 7) is 6.55. The molecule has 4 rings (SSSR count). The number of hydrogen-bond acceptors (Lipinski definition) is 5. The van der Waals surface area contributed by atoms with Crippen LogP contribution in [0.3, 0.4) is 0 Å². The maximum atomic E-state index is 12.9. The van der Waals surface area contributed by atoms with Crippen molar-refractivity contribution in [2.75, 3.05) is 0 Å². The molecule has 1 aromatic heterocycles. The summed E-state index contributed by atoms with van der Waals surface area (Å²) in [4.78, 5) is 29.4. The second-order valence-corrected chi connectivity index (χ2v) is 10.2. The maximum absolute atomic E-state index is 12.9. The summed E-state index contributed by atoms with van der Waals surface area (Å²) >= 11 is 0. The van der Waals surface area contributed by atoms with Crippen molar-refractivity contribution in [2.45, 2.75) is 96.3 Å². The Bertz CT molecular complexity index is 1000. The highest BCUT2D eigenvalue weighted by Gasteiger charge is 2.44. The molecule has 0 aliphatic heterocycles. The Labute approximate surface area is 201 Å². The van der Waals surface area contributed by atoms with Crippen LogP contribution in [0.1, 0.15) is 88.1 Å². The fourth-order valence-corrected chi connectivity index (χ4v) is 5.14. The molecule has 2 atom stereocenters. The van der Waals surface area contributed by atoms with Crippen LogP contribution in [0.4, 0.5) is 0 Å². The highest BCUT2D eigenvalue weighted by molar-refractivity contribution is 5.88. The number of nitrogens with one attached hydrogen (secondary N) is 1. The van der Waals surface area contributed by atoms with Gasteiger partial charge in [-0.05, 0) is 62.6 Å². The first-order valence-corrected chi connectivity index (χ1v) is 12.5. The number of carbonyl (C=O) groups is 2. The van der Waals surface area contributed by atoms with E-state index in [-0.39, 0.29) is 17.9 Å². The van der Waals surface area contributed by atoms with Crippen molar-refractivity contribution in [1.29, 1.82) is 0 Å². The zero-order chi connectivity index (χ0) is 24.3. The number of ether oxygens (including phenoxy) is 1. The lowest BCUT2D eigenvalue weighted by Crippen LogP contribution is -2.54. The summed E-state index contributed by atoms with van der Waals surface area (Å²) in [5.74, 6) is 0.503. The van der Waals surface area contributed by atoms with Gasteiger partial charge in [-0.2, -0.15) is 0 Å². The number of hydrogen-bond donors (Lipinski definition) is 2. The van der Waals surface area contributed by atoms with E-state index >= 15 is 0 Å². The Morgan fingerprint density at radius 1 is 1.18 bits per heavy atom. The molecule has 2 aromatic rings. The highest BCUT2D eigenvalue weighted by Crippen LogP contribution is 2.33. The van der Waals surface area contributed by atoms with Crippen molar-refractivity contribution >= 4 is 11.9 Å². The summed E-state index contributed by atoms with van der Waals surface area (Å²) < 4.78 is 12.1. The number of aryl methyl sites for hydroxylation is 1. The average molecular weight is 469 g/mol. The monoisotopic (exact) mass is 468 g/mol. The van der Waals surface area contributed by atoms with Crippen LogP contribution in [0.5, 0.6) is 0 Å². The van der Waals surface area contributed by atoms with Gasteiger partial charge in [-0.3, -0.25) is 4.79 Å². The number of carboxylic acids is 1. The number of nitrogens with zero attached hydrogens (tertiary/aromatic N) is 1. The number of aromatic nitrogens is 1. The van der Waals surface area contributed by atoms with Crippen molar-refractivity contribution in [1.82, 2.24) is 10.3 Å². The fourth-order valence-electron chi connectivity index (χ4n) is 5.14. The molecule has 2 saturated carbocycles. The first-order valence-electron chi connectivity index (χ1n) is 12.5. The fraction of sp³-hybridized carbons (Fsp3) is 0.593. The molecule has 0 spiro atoms. The molecular weight excluding hydrogens is 432 g/mol. The third kappa shape index (κ3) is 5.35. The lowest BCUT2D eigenvalue weighted by Gasteiger charge is -2.32. The van der Waals surface area contributed by atoms with Crippen molar-refractivity contribution in [3.63, 3.8) is 0 Å². The second-order valence-electron chi connectivity index (χ2n) is 10.2. The predicted octanol–water partition coefficient (Wildman–Crippen LogP) is 5.36. The van der Waals surface area contributed by atoms with E-state index in [2.05, 4.69) is 36.3 Å². The molecule has 0 saturated heterocycles. The summed E-state index contributed by atoms with van der Waals surface area (Å²) in [6, 6.07) is 8.26. The molecule has 7 nitrogen and oxygen atoms in total. The van der Waals surface area contributed by atoms with Gasteiger partial charge in [0.1, 0.15) is 17.0 Å². The van der Waals surface area contributed by atoms with E-state index in [4.69, 9.17) is 9.15 Å². The Morgan fingerprint density at radius 2 is 1.88 bits per heavy atom. The van der Waals surface area contributed by atoms with Gasteiger partial charge in [0.15, 0.2) is 0 Å². The quantitative estimate of drug-likeness (QED) is 0.541. The SMILES string of the molecule is Cc1oc(-c2ccc(C(C)C)cc2)nc1CO[C@@H]1CCC[C@H](C(=O)NC2(C(=O)O)CCCC2)C1. The van der Waals surface area contributed by atoms with E-state index in [1.54, 1.807) is 0 Å². The van der Waals surface area contributed by atoms with Gasteiger partial charge in [0, 0.05) is 11.5 Å². The molecule has 2 aliphatic carbocycles. The van der Waals surface area contributed by atoms with E-state index in [0.29, 0.717) is 37.7 Å². The third-order valence-corrected chi connectivity index (χ3v) is 7.40. The number of carboxylic acid groups (broad SMARTS) is 1. The first kappa shape index (κ1) is 24.5. The van der Waals surface area contributed by atoms with Gasteiger partial charge in [0.25, 0.3) is 0 Å². The van der Waals surface area contributed by atoms with Gasteiger partial charge in [0.05, 0.1) is 12.7 Å². The lowest BCUT2D eigenvalue weighted by atomic mass is 9.85. The van der Waals surface area contributed by atoms with Crippen LogP contribution in [-0.4, -0.2) is 33.6 Å². The number of amides is 1. The van der Waals surface area contributed by atoms with E-state index in [1.807, 2.05) is 19.1 Å². The van der Waals surface area contributed by atoms with Crippen molar-refractivity contribution in [2.24, 2.45) is 5.92 Å². The normalized spacial score (nSPS) is 22.1. The van der Waals surface area contributed by atoms with Crippen LogP contribution in [0.25, 0.3) is 11.5 Å². The number of rotatable bonds is 8. The maximum Gasteiger partial charge on any atom is 0.329 e. The molecule has 0 bridgehead atoms. The van der Waals surface area contributed by atoms with Crippen LogP contribution >= 0.6 is 0 Å².